The van der Waals surface area contributed by atoms with Gasteiger partial charge in [-0.15, -0.1) is 0 Å². The standard InChI is InChI=1S/C17H20N4/c18-17(21-16-7-3-4-9-19-16)20-10-8-13-11-14-5-1-2-6-15(14)12-13/h1-7,9,13H,8,10-12H2,(H3,18,19,20,21). The summed E-state index contributed by atoms with van der Waals surface area (Å²) in [6.07, 6.45) is 5.13. The molecule has 1 aliphatic carbocycles. The molecule has 1 heterocycles. The van der Waals surface area contributed by atoms with Gasteiger partial charge >= 0.3 is 0 Å². The Labute approximate surface area is 125 Å². The lowest BCUT2D eigenvalue weighted by Gasteiger charge is -2.07. The van der Waals surface area contributed by atoms with Crippen molar-refractivity contribution in [2.45, 2.75) is 19.3 Å². The van der Waals surface area contributed by atoms with E-state index in [1.807, 2.05) is 18.2 Å². The predicted molar refractivity (Wildman–Crippen MR) is 86.3 cm³/mol. The van der Waals surface area contributed by atoms with Crippen molar-refractivity contribution in [3.8, 4) is 0 Å². The minimum absolute atomic E-state index is 0.434. The maximum absolute atomic E-state index is 5.87. The Kier molecular flexibility index (Phi) is 4.15. The summed E-state index contributed by atoms with van der Waals surface area (Å²) in [4.78, 5) is 8.55. The van der Waals surface area contributed by atoms with Gasteiger partial charge in [0.2, 0.25) is 0 Å². The van der Waals surface area contributed by atoms with Crippen LogP contribution < -0.4 is 11.1 Å². The molecule has 108 valence electrons. The van der Waals surface area contributed by atoms with E-state index in [9.17, 15) is 0 Å². The average molecular weight is 280 g/mol. The first-order chi connectivity index (χ1) is 10.3. The number of benzene rings is 1. The number of rotatable bonds is 4. The van der Waals surface area contributed by atoms with Crippen molar-refractivity contribution >= 4 is 11.8 Å². The highest BCUT2D eigenvalue weighted by atomic mass is 15.1. The number of pyridine rings is 1. The number of hydrogen-bond donors (Lipinski definition) is 2. The van der Waals surface area contributed by atoms with Crippen molar-refractivity contribution in [2.75, 3.05) is 11.9 Å². The maximum Gasteiger partial charge on any atom is 0.194 e. The number of hydrogen-bond acceptors (Lipinski definition) is 2. The van der Waals surface area contributed by atoms with Crippen LogP contribution in [0.1, 0.15) is 17.5 Å². The van der Waals surface area contributed by atoms with Crippen molar-refractivity contribution in [1.29, 1.82) is 0 Å². The summed E-state index contributed by atoms with van der Waals surface area (Å²) in [7, 11) is 0. The largest absolute Gasteiger partial charge is 0.370 e. The minimum Gasteiger partial charge on any atom is -0.370 e. The van der Waals surface area contributed by atoms with Crippen LogP contribution in [0.25, 0.3) is 0 Å². The van der Waals surface area contributed by atoms with E-state index >= 15 is 0 Å². The third-order valence-corrected chi connectivity index (χ3v) is 3.88. The summed E-state index contributed by atoms with van der Waals surface area (Å²) >= 11 is 0. The zero-order chi connectivity index (χ0) is 14.5. The van der Waals surface area contributed by atoms with Crippen LogP contribution in [0.4, 0.5) is 5.82 Å². The summed E-state index contributed by atoms with van der Waals surface area (Å²) in [5.41, 5.74) is 8.86. The molecule has 0 spiro atoms. The van der Waals surface area contributed by atoms with E-state index in [1.54, 1.807) is 6.20 Å². The average Bonchev–Trinajstić information content (AvgIpc) is 2.91. The fourth-order valence-corrected chi connectivity index (χ4v) is 2.83. The number of aliphatic imine (C=N–C) groups is 1. The highest BCUT2D eigenvalue weighted by Gasteiger charge is 2.20. The highest BCUT2D eigenvalue weighted by Crippen LogP contribution is 2.28. The molecule has 4 heteroatoms. The molecule has 0 fully saturated rings. The Morgan fingerprint density at radius 2 is 1.86 bits per heavy atom. The molecule has 0 amide bonds. The van der Waals surface area contributed by atoms with Gasteiger partial charge in [-0.3, -0.25) is 4.99 Å². The number of anilines is 1. The van der Waals surface area contributed by atoms with E-state index in [1.165, 1.54) is 24.0 Å². The van der Waals surface area contributed by atoms with Crippen LogP contribution in [0.5, 0.6) is 0 Å². The van der Waals surface area contributed by atoms with Crippen LogP contribution in [-0.2, 0) is 12.8 Å². The molecule has 3 N–H and O–H groups in total. The van der Waals surface area contributed by atoms with Crippen LogP contribution in [0.15, 0.2) is 53.7 Å². The van der Waals surface area contributed by atoms with Crippen molar-refractivity contribution in [1.82, 2.24) is 4.98 Å². The van der Waals surface area contributed by atoms with Gasteiger partial charge in [0.15, 0.2) is 5.96 Å². The van der Waals surface area contributed by atoms with Gasteiger partial charge in [0, 0.05) is 12.7 Å². The second-order valence-corrected chi connectivity index (χ2v) is 5.44. The van der Waals surface area contributed by atoms with Crippen LogP contribution in [0.2, 0.25) is 0 Å². The van der Waals surface area contributed by atoms with E-state index in [2.05, 4.69) is 39.6 Å². The molecule has 4 nitrogen and oxygen atoms in total. The van der Waals surface area contributed by atoms with E-state index in [4.69, 9.17) is 5.73 Å². The first-order valence-electron chi connectivity index (χ1n) is 7.36. The van der Waals surface area contributed by atoms with Gasteiger partial charge in [-0.2, -0.15) is 0 Å². The molecule has 0 saturated heterocycles. The SMILES string of the molecule is NC(=NCCC1Cc2ccccc2C1)Nc1ccccn1. The number of nitrogens with two attached hydrogens (primary N) is 1. The summed E-state index contributed by atoms with van der Waals surface area (Å²) in [5.74, 6) is 1.85. The first kappa shape index (κ1) is 13.6. The molecule has 3 rings (SSSR count). The number of aromatic nitrogens is 1. The number of nitrogens with one attached hydrogen (secondary N) is 1. The summed E-state index contributed by atoms with van der Waals surface area (Å²) < 4.78 is 0. The zero-order valence-corrected chi connectivity index (χ0v) is 12.0. The molecule has 0 atom stereocenters. The lowest BCUT2D eigenvalue weighted by atomic mass is 10.0. The lowest BCUT2D eigenvalue weighted by Crippen LogP contribution is -2.23. The molecule has 0 aliphatic heterocycles. The molecule has 0 bridgehead atoms. The molecule has 21 heavy (non-hydrogen) atoms. The van der Waals surface area contributed by atoms with Crippen LogP contribution in [0, 0.1) is 5.92 Å². The van der Waals surface area contributed by atoms with Gasteiger partial charge < -0.3 is 11.1 Å². The smallest absolute Gasteiger partial charge is 0.194 e. The highest BCUT2D eigenvalue weighted by molar-refractivity contribution is 5.91. The van der Waals surface area contributed by atoms with Gasteiger partial charge in [-0.1, -0.05) is 30.3 Å². The minimum atomic E-state index is 0.434. The third-order valence-electron chi connectivity index (χ3n) is 3.88. The summed E-state index contributed by atoms with van der Waals surface area (Å²) in [6.45, 7) is 0.754. The Morgan fingerprint density at radius 1 is 1.14 bits per heavy atom. The van der Waals surface area contributed by atoms with Crippen molar-refractivity contribution in [3.63, 3.8) is 0 Å². The molecule has 1 aromatic heterocycles. The maximum atomic E-state index is 5.87. The zero-order valence-electron chi connectivity index (χ0n) is 12.0. The molecule has 1 aromatic carbocycles. The van der Waals surface area contributed by atoms with E-state index < -0.39 is 0 Å². The van der Waals surface area contributed by atoms with Crippen LogP contribution in [-0.4, -0.2) is 17.5 Å². The molecule has 2 aromatic rings. The van der Waals surface area contributed by atoms with Crippen molar-refractivity contribution < 1.29 is 0 Å². The second-order valence-electron chi connectivity index (χ2n) is 5.44. The number of guanidine groups is 1. The number of fused-ring (bicyclic) bond motifs is 1. The van der Waals surface area contributed by atoms with Gasteiger partial charge in [0.05, 0.1) is 0 Å². The van der Waals surface area contributed by atoms with E-state index in [0.29, 0.717) is 11.9 Å². The number of nitrogens with zero attached hydrogens (tertiary/aromatic N) is 2. The fourth-order valence-electron chi connectivity index (χ4n) is 2.83. The Bertz CT molecular complexity index is 597. The molecular formula is C17H20N4. The quantitative estimate of drug-likeness (QED) is 0.668. The van der Waals surface area contributed by atoms with Crippen molar-refractivity contribution in [2.24, 2.45) is 16.6 Å². The second kappa shape index (κ2) is 6.39. The van der Waals surface area contributed by atoms with Gasteiger partial charge in [-0.25, -0.2) is 4.98 Å². The van der Waals surface area contributed by atoms with Gasteiger partial charge in [0.1, 0.15) is 5.82 Å². The molecule has 0 unspecified atom stereocenters. The Morgan fingerprint density at radius 3 is 2.52 bits per heavy atom. The first-order valence-corrected chi connectivity index (χ1v) is 7.36. The Hall–Kier alpha value is -2.36. The van der Waals surface area contributed by atoms with E-state index in [0.717, 1.165) is 18.8 Å². The summed E-state index contributed by atoms with van der Waals surface area (Å²) in [6, 6.07) is 14.4. The lowest BCUT2D eigenvalue weighted by molar-refractivity contribution is 0.523. The van der Waals surface area contributed by atoms with Crippen molar-refractivity contribution in [3.05, 3.63) is 59.8 Å². The molecule has 0 saturated carbocycles. The fraction of sp³-hybridized carbons (Fsp3) is 0.294. The van der Waals surface area contributed by atoms with Crippen LogP contribution >= 0.6 is 0 Å². The normalized spacial score (nSPS) is 15.0. The van der Waals surface area contributed by atoms with Crippen LogP contribution in [0.3, 0.4) is 0 Å². The summed E-state index contributed by atoms with van der Waals surface area (Å²) in [5, 5.41) is 3.00. The van der Waals surface area contributed by atoms with Gasteiger partial charge in [0.25, 0.3) is 0 Å². The molecule has 0 radical (unpaired) electrons. The topological polar surface area (TPSA) is 63.3 Å². The third kappa shape index (κ3) is 3.60. The molecule has 1 aliphatic rings. The van der Waals surface area contributed by atoms with Gasteiger partial charge in [-0.05, 0) is 48.4 Å². The van der Waals surface area contributed by atoms with E-state index in [-0.39, 0.29) is 0 Å². The molecular weight excluding hydrogens is 260 g/mol. The monoisotopic (exact) mass is 280 g/mol. The predicted octanol–water partition coefficient (Wildman–Crippen LogP) is 2.61. The Balaban J connectivity index is 1.47.